The molecule has 2 aromatic heterocycles. The van der Waals surface area contributed by atoms with Crippen molar-refractivity contribution < 1.29 is 15.0 Å². The Morgan fingerprint density at radius 1 is 1.36 bits per heavy atom. The largest absolute Gasteiger partial charge is 0.506 e. The van der Waals surface area contributed by atoms with E-state index in [-0.39, 0.29) is 12.4 Å². The zero-order valence-electron chi connectivity index (χ0n) is 15.4. The number of hydrogen-bond donors (Lipinski definition) is 4. The fourth-order valence-electron chi connectivity index (χ4n) is 3.79. The Labute approximate surface area is 166 Å². The van der Waals surface area contributed by atoms with E-state index in [2.05, 4.69) is 20.9 Å². The lowest BCUT2D eigenvalue weighted by Gasteiger charge is -2.13. The number of carboxylic acid groups (broad SMARTS) is 1. The molecule has 0 bridgehead atoms. The Morgan fingerprint density at radius 3 is 2.79 bits per heavy atom. The summed E-state index contributed by atoms with van der Waals surface area (Å²) in [5.74, 6) is -1.91. The van der Waals surface area contributed by atoms with Gasteiger partial charge in [-0.05, 0) is 31.2 Å². The number of benzene rings is 1. The van der Waals surface area contributed by atoms with Crippen LogP contribution in [0.2, 0.25) is 0 Å². The normalized spacial score (nSPS) is 12.2. The number of aromatic amines is 1. The Hall–Kier alpha value is -3.03. The van der Waals surface area contributed by atoms with Crippen molar-refractivity contribution in [2.45, 2.75) is 13.0 Å². The molecule has 0 radical (unpaired) electrons. The quantitative estimate of drug-likeness (QED) is 0.539. The number of aryl methyl sites for hydroxylation is 1. The van der Waals surface area contributed by atoms with E-state index >= 15 is 0 Å². The third-order valence-electron chi connectivity index (χ3n) is 5.10. The van der Waals surface area contributed by atoms with Crippen LogP contribution in [0.5, 0.6) is 5.75 Å². The molecule has 1 aliphatic rings. The standard InChI is InChI=1S/C20H19N3O4.ClH/c1-21-9-10-8-14-11-4-3-5-13-17(12(11)6-7-15(14)23(10)2)22-19(25)16(18(13)24)20(26)27;/h3-4,6-8,21H,5,9H2,1-2H3,(H,26,27)(H2,22,24,25);1H. The average Bonchev–Trinajstić information content (AvgIpc) is 2.81. The van der Waals surface area contributed by atoms with Gasteiger partial charge in [0.1, 0.15) is 5.75 Å². The van der Waals surface area contributed by atoms with Crippen molar-refractivity contribution in [2.75, 3.05) is 7.05 Å². The highest BCUT2D eigenvalue weighted by Crippen LogP contribution is 2.38. The van der Waals surface area contributed by atoms with Gasteiger partial charge in [0, 0.05) is 41.3 Å². The highest BCUT2D eigenvalue weighted by atomic mass is 35.5. The van der Waals surface area contributed by atoms with Crippen LogP contribution in [0.25, 0.3) is 28.2 Å². The summed E-state index contributed by atoms with van der Waals surface area (Å²) in [7, 11) is 3.89. The van der Waals surface area contributed by atoms with Gasteiger partial charge in [-0.1, -0.05) is 18.2 Å². The van der Waals surface area contributed by atoms with Crippen LogP contribution in [0, 0.1) is 0 Å². The van der Waals surface area contributed by atoms with Gasteiger partial charge in [0.05, 0.1) is 5.69 Å². The Morgan fingerprint density at radius 2 is 2.11 bits per heavy atom. The van der Waals surface area contributed by atoms with Crippen LogP contribution in [0.4, 0.5) is 0 Å². The van der Waals surface area contributed by atoms with Crippen LogP contribution in [-0.4, -0.2) is 32.8 Å². The van der Waals surface area contributed by atoms with Gasteiger partial charge in [0.2, 0.25) is 0 Å². The van der Waals surface area contributed by atoms with Crippen molar-refractivity contribution in [2.24, 2.45) is 7.05 Å². The fourth-order valence-corrected chi connectivity index (χ4v) is 3.79. The number of nitrogens with zero attached hydrogens (tertiary/aromatic N) is 1. The first kappa shape index (κ1) is 19.7. The number of carbonyl (C=O) groups is 1. The molecular weight excluding hydrogens is 382 g/mol. The number of halogens is 1. The molecule has 0 atom stereocenters. The summed E-state index contributed by atoms with van der Waals surface area (Å²) < 4.78 is 2.11. The summed E-state index contributed by atoms with van der Waals surface area (Å²) in [5, 5.41) is 23.8. The van der Waals surface area contributed by atoms with Gasteiger partial charge in [0.25, 0.3) is 5.56 Å². The van der Waals surface area contributed by atoms with Crippen LogP contribution in [0.3, 0.4) is 0 Å². The number of carboxylic acids is 1. The minimum absolute atomic E-state index is 0. The molecule has 0 saturated heterocycles. The average molecular weight is 402 g/mol. The smallest absolute Gasteiger partial charge is 0.345 e. The van der Waals surface area contributed by atoms with Crippen LogP contribution in [0.15, 0.2) is 29.1 Å². The van der Waals surface area contributed by atoms with Crippen LogP contribution in [0.1, 0.15) is 27.2 Å². The van der Waals surface area contributed by atoms with Gasteiger partial charge >= 0.3 is 5.97 Å². The Balaban J connectivity index is 0.00000225. The summed E-state index contributed by atoms with van der Waals surface area (Å²) in [4.78, 5) is 26.3. The monoisotopic (exact) mass is 401 g/mol. The first-order chi connectivity index (χ1) is 12.9. The minimum Gasteiger partial charge on any atom is -0.506 e. The van der Waals surface area contributed by atoms with Gasteiger partial charge in [-0.2, -0.15) is 0 Å². The number of rotatable bonds is 3. The number of fused-ring (bicyclic) bond motifs is 5. The van der Waals surface area contributed by atoms with Crippen molar-refractivity contribution in [1.82, 2.24) is 14.9 Å². The Bertz CT molecular complexity index is 1190. The number of nitrogens with one attached hydrogen (secondary N) is 2. The molecule has 1 aromatic carbocycles. The molecule has 0 aliphatic heterocycles. The number of hydrogen-bond acceptors (Lipinski definition) is 4. The lowest BCUT2D eigenvalue weighted by atomic mass is 9.97. The zero-order valence-corrected chi connectivity index (χ0v) is 16.2. The molecule has 8 heteroatoms. The SMILES string of the molecule is CNCc1cc2c3c(ccc2n1C)-c1[nH]c(=O)c(C(=O)O)c(O)c1CC=C3.Cl. The molecule has 0 amide bonds. The Kier molecular flexibility index (Phi) is 5.06. The summed E-state index contributed by atoms with van der Waals surface area (Å²) in [5.41, 5.74) is 3.31. The van der Waals surface area contributed by atoms with Crippen LogP contribution < -0.4 is 10.9 Å². The molecule has 4 rings (SSSR count). The third-order valence-corrected chi connectivity index (χ3v) is 5.10. The number of aromatic carboxylic acids is 1. The summed E-state index contributed by atoms with van der Waals surface area (Å²) >= 11 is 0. The molecule has 3 aromatic rings. The second-order valence-electron chi connectivity index (χ2n) is 6.63. The number of aromatic hydroxyl groups is 1. The number of pyridine rings is 1. The molecule has 7 nitrogen and oxygen atoms in total. The zero-order chi connectivity index (χ0) is 19.3. The molecule has 146 valence electrons. The van der Waals surface area contributed by atoms with E-state index in [1.165, 1.54) is 0 Å². The number of H-pyrrole nitrogens is 1. The van der Waals surface area contributed by atoms with Gasteiger partial charge in [-0.25, -0.2) is 4.79 Å². The second-order valence-corrected chi connectivity index (χ2v) is 6.63. The van der Waals surface area contributed by atoms with Crippen molar-refractivity contribution in [3.8, 4) is 17.0 Å². The van der Waals surface area contributed by atoms with E-state index in [1.54, 1.807) is 0 Å². The van der Waals surface area contributed by atoms with Crippen LogP contribution in [-0.2, 0) is 20.0 Å². The van der Waals surface area contributed by atoms with E-state index in [4.69, 9.17) is 0 Å². The van der Waals surface area contributed by atoms with Crippen LogP contribution >= 0.6 is 12.4 Å². The molecule has 0 fully saturated rings. The van der Waals surface area contributed by atoms with Crippen molar-refractivity contribution >= 4 is 35.4 Å². The number of allylic oxidation sites excluding steroid dienone is 1. The van der Waals surface area contributed by atoms with E-state index in [9.17, 15) is 19.8 Å². The maximum Gasteiger partial charge on any atom is 0.345 e. The lowest BCUT2D eigenvalue weighted by molar-refractivity contribution is 0.0691. The predicted molar refractivity (Wildman–Crippen MR) is 110 cm³/mol. The maximum atomic E-state index is 12.3. The minimum atomic E-state index is -1.44. The summed E-state index contributed by atoms with van der Waals surface area (Å²) in [6.07, 6.45) is 4.15. The van der Waals surface area contributed by atoms with Gasteiger partial charge in [-0.15, -0.1) is 12.4 Å². The second kappa shape index (κ2) is 7.18. The summed E-state index contributed by atoms with van der Waals surface area (Å²) in [6, 6.07) is 5.96. The molecule has 0 saturated carbocycles. The predicted octanol–water partition coefficient (Wildman–Crippen LogP) is 2.65. The van der Waals surface area contributed by atoms with E-state index in [0.717, 1.165) is 34.3 Å². The maximum absolute atomic E-state index is 12.3. The molecule has 0 spiro atoms. The fraction of sp³-hybridized carbons (Fsp3) is 0.200. The molecule has 28 heavy (non-hydrogen) atoms. The third kappa shape index (κ3) is 2.80. The molecule has 0 unspecified atom stereocenters. The lowest BCUT2D eigenvalue weighted by Crippen LogP contribution is -2.20. The number of aromatic nitrogens is 2. The van der Waals surface area contributed by atoms with Crippen molar-refractivity contribution in [3.63, 3.8) is 0 Å². The topological polar surface area (TPSA) is 107 Å². The van der Waals surface area contributed by atoms with E-state index in [0.29, 0.717) is 17.7 Å². The van der Waals surface area contributed by atoms with Crippen molar-refractivity contribution in [3.05, 3.63) is 57.0 Å². The summed E-state index contributed by atoms with van der Waals surface area (Å²) in [6.45, 7) is 0.722. The molecule has 2 heterocycles. The van der Waals surface area contributed by atoms with E-state index < -0.39 is 22.8 Å². The van der Waals surface area contributed by atoms with E-state index in [1.807, 2.05) is 38.4 Å². The van der Waals surface area contributed by atoms with Gasteiger partial charge in [-0.3, -0.25) is 4.79 Å². The highest BCUT2D eigenvalue weighted by molar-refractivity contribution is 5.99. The van der Waals surface area contributed by atoms with Gasteiger partial charge < -0.3 is 25.1 Å². The first-order valence-corrected chi connectivity index (χ1v) is 8.58. The van der Waals surface area contributed by atoms with Gasteiger partial charge in [0.15, 0.2) is 5.56 Å². The molecule has 4 N–H and O–H groups in total. The highest BCUT2D eigenvalue weighted by Gasteiger charge is 2.25. The van der Waals surface area contributed by atoms with Crippen molar-refractivity contribution in [1.29, 1.82) is 0 Å². The molecular formula is C20H20ClN3O4. The molecule has 1 aliphatic carbocycles. The first-order valence-electron chi connectivity index (χ1n) is 8.58.